The highest BCUT2D eigenvalue weighted by molar-refractivity contribution is 5.74. The van der Waals surface area contributed by atoms with E-state index in [9.17, 15) is 0 Å². The van der Waals surface area contributed by atoms with E-state index in [2.05, 4.69) is 82.4 Å². The number of benzene rings is 1. The lowest BCUT2D eigenvalue weighted by Gasteiger charge is -2.10. The summed E-state index contributed by atoms with van der Waals surface area (Å²) in [5, 5.41) is 0. The highest BCUT2D eigenvalue weighted by atomic mass is 79.9. The van der Waals surface area contributed by atoms with E-state index in [1.807, 2.05) is 48.8 Å². The van der Waals surface area contributed by atoms with Crippen LogP contribution in [0.4, 0.5) is 0 Å². The Bertz CT molecular complexity index is 1530. The summed E-state index contributed by atoms with van der Waals surface area (Å²) in [7, 11) is 0. The summed E-state index contributed by atoms with van der Waals surface area (Å²) in [5.41, 5.74) is 8.38. The summed E-state index contributed by atoms with van der Waals surface area (Å²) in [5.74, 6) is 0. The van der Waals surface area contributed by atoms with Crippen LogP contribution in [-0.2, 0) is 13.0 Å². The molecule has 0 N–H and O–H groups in total. The molecule has 5 rings (SSSR count). The Morgan fingerprint density at radius 3 is 1.43 bits per heavy atom. The summed E-state index contributed by atoms with van der Waals surface area (Å²) >= 11 is 0. The maximum Gasteiger partial charge on any atom is 0.173 e. The zero-order chi connectivity index (χ0) is 33.1. The molecule has 0 aliphatic heterocycles. The van der Waals surface area contributed by atoms with Gasteiger partial charge in [-0.15, -0.1) is 0 Å². The Morgan fingerprint density at radius 2 is 0.959 bits per heavy atom. The standard InChI is InChI=1S/C44H55N4.BrH/c1-2-3-4-5-6-7-8-9-10-11-12-13-14-15-16-21-37-28-32-48(33-29-37)36-38-24-26-39(27-25-38)40-34-43(41-22-17-19-30-45-41)47-44(35-40)42-23-18-20-31-46-42;/h17-20,22-35H,2-16,21,36H2,1H3;1H/q+1;/p-1. The third kappa shape index (κ3) is 13.3. The van der Waals surface area contributed by atoms with Crippen molar-refractivity contribution in [1.29, 1.82) is 0 Å². The lowest BCUT2D eigenvalue weighted by atomic mass is 10.0. The van der Waals surface area contributed by atoms with Crippen LogP contribution in [0.25, 0.3) is 33.9 Å². The predicted octanol–water partition coefficient (Wildman–Crippen LogP) is 8.63. The molecule has 0 saturated carbocycles. The number of aromatic nitrogens is 4. The first-order valence-electron chi connectivity index (χ1n) is 18.7. The van der Waals surface area contributed by atoms with Crippen molar-refractivity contribution in [2.45, 2.75) is 116 Å². The fourth-order valence-corrected chi connectivity index (χ4v) is 6.46. The van der Waals surface area contributed by atoms with Crippen LogP contribution in [0.5, 0.6) is 0 Å². The summed E-state index contributed by atoms with van der Waals surface area (Å²) in [6, 6.07) is 29.6. The number of halogens is 1. The van der Waals surface area contributed by atoms with Crippen molar-refractivity contribution in [1.82, 2.24) is 15.0 Å². The maximum absolute atomic E-state index is 4.91. The monoisotopic (exact) mass is 718 g/mol. The van der Waals surface area contributed by atoms with Crippen molar-refractivity contribution in [3.05, 3.63) is 121 Å². The molecule has 4 aromatic heterocycles. The van der Waals surface area contributed by atoms with Crippen LogP contribution >= 0.6 is 0 Å². The van der Waals surface area contributed by atoms with E-state index < -0.39 is 0 Å². The van der Waals surface area contributed by atoms with E-state index in [4.69, 9.17) is 4.98 Å². The first kappa shape index (κ1) is 38.1. The Balaban J connectivity index is 0.00000541. The number of aryl methyl sites for hydroxylation is 1. The minimum absolute atomic E-state index is 0. The number of nitrogens with zero attached hydrogens (tertiary/aromatic N) is 4. The molecule has 4 nitrogen and oxygen atoms in total. The molecule has 1 aromatic carbocycles. The highest BCUT2D eigenvalue weighted by Gasteiger charge is 2.11. The Morgan fingerprint density at radius 1 is 0.469 bits per heavy atom. The third-order valence-corrected chi connectivity index (χ3v) is 9.36. The molecular weight excluding hydrogens is 664 g/mol. The summed E-state index contributed by atoms with van der Waals surface area (Å²) in [6.45, 7) is 3.15. The Kier molecular flexibility index (Phi) is 17.2. The quantitative estimate of drug-likeness (QED) is 0.0564. The second kappa shape index (κ2) is 22.1. The average molecular weight is 720 g/mol. The molecule has 0 amide bonds. The van der Waals surface area contributed by atoms with Gasteiger partial charge in [0.2, 0.25) is 0 Å². The van der Waals surface area contributed by atoms with Gasteiger partial charge in [-0.05, 0) is 65.9 Å². The van der Waals surface area contributed by atoms with Gasteiger partial charge in [-0.3, -0.25) is 9.97 Å². The van der Waals surface area contributed by atoms with Crippen molar-refractivity contribution in [2.24, 2.45) is 0 Å². The van der Waals surface area contributed by atoms with Gasteiger partial charge in [0, 0.05) is 30.1 Å². The fraction of sp³-hybridized carbons (Fsp3) is 0.409. The Labute approximate surface area is 306 Å². The number of rotatable bonds is 21. The number of hydrogen-bond donors (Lipinski definition) is 0. The lowest BCUT2D eigenvalue weighted by molar-refractivity contribution is -0.688. The maximum atomic E-state index is 4.91. The van der Waals surface area contributed by atoms with Crippen molar-refractivity contribution >= 4 is 0 Å². The van der Waals surface area contributed by atoms with Gasteiger partial charge >= 0.3 is 0 Å². The van der Waals surface area contributed by atoms with E-state index in [0.717, 1.165) is 40.4 Å². The van der Waals surface area contributed by atoms with Crippen LogP contribution in [0.1, 0.15) is 114 Å². The van der Waals surface area contributed by atoms with Gasteiger partial charge in [-0.2, -0.15) is 0 Å². The first-order chi connectivity index (χ1) is 23.8. The molecule has 49 heavy (non-hydrogen) atoms. The summed E-state index contributed by atoms with van der Waals surface area (Å²) in [6.07, 6.45) is 30.4. The van der Waals surface area contributed by atoms with Gasteiger partial charge in [0.15, 0.2) is 18.9 Å². The molecule has 0 unspecified atom stereocenters. The van der Waals surface area contributed by atoms with Crippen LogP contribution in [0.2, 0.25) is 0 Å². The molecule has 0 aliphatic carbocycles. The molecule has 0 bridgehead atoms. The fourth-order valence-electron chi connectivity index (χ4n) is 6.46. The predicted molar refractivity (Wildman–Crippen MR) is 201 cm³/mol. The molecule has 5 aromatic rings. The molecule has 0 spiro atoms. The van der Waals surface area contributed by atoms with Gasteiger partial charge in [0.1, 0.15) is 0 Å². The van der Waals surface area contributed by atoms with Crippen molar-refractivity contribution in [2.75, 3.05) is 0 Å². The minimum atomic E-state index is 0. The second-order valence-electron chi connectivity index (χ2n) is 13.3. The zero-order valence-electron chi connectivity index (χ0n) is 29.6. The molecular formula is C44H55BrN4. The average Bonchev–Trinajstić information content (AvgIpc) is 3.15. The van der Waals surface area contributed by atoms with E-state index >= 15 is 0 Å². The lowest BCUT2D eigenvalue weighted by Crippen LogP contribution is -3.00. The SMILES string of the molecule is CCCCCCCCCCCCCCCCCc1cc[n+](Cc2ccc(-c3cc(-c4ccccn4)nc(-c4ccccn4)c3)cc2)cc1.[Br-]. The molecule has 258 valence electrons. The van der Waals surface area contributed by atoms with Crippen LogP contribution in [0.3, 0.4) is 0 Å². The zero-order valence-corrected chi connectivity index (χ0v) is 31.2. The van der Waals surface area contributed by atoms with Crippen LogP contribution < -0.4 is 21.5 Å². The summed E-state index contributed by atoms with van der Waals surface area (Å²) < 4.78 is 2.27. The summed E-state index contributed by atoms with van der Waals surface area (Å²) in [4.78, 5) is 14.0. The number of unbranched alkanes of at least 4 members (excludes halogenated alkanes) is 14. The normalized spacial score (nSPS) is 11.0. The van der Waals surface area contributed by atoms with E-state index in [-0.39, 0.29) is 17.0 Å². The third-order valence-electron chi connectivity index (χ3n) is 9.36. The van der Waals surface area contributed by atoms with E-state index in [1.165, 1.54) is 114 Å². The van der Waals surface area contributed by atoms with Crippen LogP contribution in [-0.4, -0.2) is 15.0 Å². The highest BCUT2D eigenvalue weighted by Crippen LogP contribution is 2.29. The molecule has 0 saturated heterocycles. The van der Waals surface area contributed by atoms with Gasteiger partial charge in [-0.25, -0.2) is 9.55 Å². The molecule has 0 radical (unpaired) electrons. The van der Waals surface area contributed by atoms with Gasteiger partial charge in [0.25, 0.3) is 0 Å². The number of pyridine rings is 4. The topological polar surface area (TPSA) is 42.5 Å². The van der Waals surface area contributed by atoms with Crippen molar-refractivity contribution in [3.63, 3.8) is 0 Å². The molecule has 0 aliphatic rings. The van der Waals surface area contributed by atoms with E-state index in [0.29, 0.717) is 0 Å². The molecule has 0 fully saturated rings. The number of hydrogen-bond acceptors (Lipinski definition) is 3. The molecule has 5 heteroatoms. The van der Waals surface area contributed by atoms with Crippen molar-refractivity contribution in [3.8, 4) is 33.9 Å². The van der Waals surface area contributed by atoms with Crippen LogP contribution in [0, 0.1) is 0 Å². The minimum Gasteiger partial charge on any atom is -1.00 e. The van der Waals surface area contributed by atoms with Crippen molar-refractivity contribution < 1.29 is 21.5 Å². The van der Waals surface area contributed by atoms with Crippen LogP contribution in [0.15, 0.2) is 110 Å². The van der Waals surface area contributed by atoms with Gasteiger partial charge in [0.05, 0.1) is 22.8 Å². The van der Waals surface area contributed by atoms with E-state index in [1.54, 1.807) is 0 Å². The van der Waals surface area contributed by atoms with Gasteiger partial charge < -0.3 is 17.0 Å². The Hall–Kier alpha value is -3.70. The molecule has 0 atom stereocenters. The first-order valence-corrected chi connectivity index (χ1v) is 18.7. The largest absolute Gasteiger partial charge is 1.00 e. The smallest absolute Gasteiger partial charge is 0.173 e. The molecule has 4 heterocycles. The van der Waals surface area contributed by atoms with Gasteiger partial charge in [-0.1, -0.05) is 133 Å². The second-order valence-corrected chi connectivity index (χ2v) is 13.3.